The summed E-state index contributed by atoms with van der Waals surface area (Å²) in [7, 11) is 0. The summed E-state index contributed by atoms with van der Waals surface area (Å²) in [5.74, 6) is -2.42. The van der Waals surface area contributed by atoms with Crippen molar-refractivity contribution in [3.8, 4) is 0 Å². The molecule has 1 radical (unpaired) electrons. The molecule has 7 heteroatoms. The molecule has 2 atom stereocenters. The molecule has 0 saturated heterocycles. The fourth-order valence-electron chi connectivity index (χ4n) is 1.90. The minimum Gasteiger partial charge on any atom is -0.548 e. The molecule has 0 heterocycles. The molecule has 0 aromatic heterocycles. The summed E-state index contributed by atoms with van der Waals surface area (Å²) >= 11 is 0. The van der Waals surface area contributed by atoms with E-state index in [1.807, 2.05) is 60.7 Å². The van der Waals surface area contributed by atoms with Gasteiger partial charge in [-0.05, 0) is 24.0 Å². The molecule has 0 fully saturated rings. The Morgan fingerprint density at radius 1 is 0.720 bits per heavy atom. The molecule has 4 N–H and O–H groups in total. The maximum atomic E-state index is 10.3. The Hall–Kier alpha value is -2.18. The van der Waals surface area contributed by atoms with Gasteiger partial charge in [-0.3, -0.25) is 0 Å². The Morgan fingerprint density at radius 2 is 1.00 bits per heavy atom. The van der Waals surface area contributed by atoms with Crippen molar-refractivity contribution in [2.75, 3.05) is 0 Å². The molecule has 0 aliphatic rings. The zero-order chi connectivity index (χ0) is 17.9. The standard InChI is InChI=1S/2C9H11NO2.Mn/c2*10-8(9(11)12)6-7-4-2-1-3-5-7;/h2*1-5,8H,6,10H2,(H,11,12);/q;;+2/p-2/t2*8-;/m00./s1. The fraction of sp³-hybridized carbons (Fsp3) is 0.222. The first-order valence-electron chi connectivity index (χ1n) is 7.41. The van der Waals surface area contributed by atoms with Gasteiger partial charge in [0.25, 0.3) is 0 Å². The second-order valence-electron chi connectivity index (χ2n) is 5.23. The Balaban J connectivity index is 0.000000443. The molecule has 0 aliphatic carbocycles. The summed E-state index contributed by atoms with van der Waals surface area (Å²) in [5.41, 5.74) is 12.4. The monoisotopic (exact) mass is 383 g/mol. The third-order valence-corrected chi connectivity index (χ3v) is 3.20. The predicted molar refractivity (Wildman–Crippen MR) is 86.3 cm³/mol. The molecule has 0 unspecified atom stereocenters. The number of benzene rings is 2. The third-order valence-electron chi connectivity index (χ3n) is 3.20. The van der Waals surface area contributed by atoms with Crippen LogP contribution in [0.25, 0.3) is 0 Å². The van der Waals surface area contributed by atoms with Gasteiger partial charge in [0.05, 0.1) is 11.9 Å². The molecule has 0 amide bonds. The van der Waals surface area contributed by atoms with E-state index >= 15 is 0 Å². The van der Waals surface area contributed by atoms with Gasteiger partial charge >= 0.3 is 17.1 Å². The Kier molecular flexibility index (Phi) is 11.2. The van der Waals surface area contributed by atoms with Crippen LogP contribution in [0.1, 0.15) is 11.1 Å². The van der Waals surface area contributed by atoms with Crippen LogP contribution in [0.15, 0.2) is 60.7 Å². The van der Waals surface area contributed by atoms with Crippen LogP contribution in [0.2, 0.25) is 0 Å². The smallest absolute Gasteiger partial charge is 0.548 e. The van der Waals surface area contributed by atoms with Crippen LogP contribution in [0, 0.1) is 0 Å². The van der Waals surface area contributed by atoms with E-state index in [-0.39, 0.29) is 17.1 Å². The number of rotatable bonds is 6. The van der Waals surface area contributed by atoms with Crippen LogP contribution < -0.4 is 21.7 Å². The molecule has 2 aromatic rings. The third kappa shape index (κ3) is 9.64. The largest absolute Gasteiger partial charge is 2.00 e. The number of carbonyl (C=O) groups excluding carboxylic acids is 2. The molecule has 0 aliphatic heterocycles. The molecule has 0 spiro atoms. The van der Waals surface area contributed by atoms with Gasteiger partial charge in [-0.15, -0.1) is 0 Å². The van der Waals surface area contributed by atoms with Gasteiger partial charge in [-0.25, -0.2) is 0 Å². The summed E-state index contributed by atoms with van der Waals surface area (Å²) in [4.78, 5) is 20.5. The molecule has 0 saturated carbocycles. The van der Waals surface area contributed by atoms with Gasteiger partial charge in [0.15, 0.2) is 0 Å². The van der Waals surface area contributed by atoms with Crippen molar-refractivity contribution >= 4 is 11.9 Å². The topological polar surface area (TPSA) is 132 Å². The fourth-order valence-corrected chi connectivity index (χ4v) is 1.90. The number of aliphatic carboxylic acids is 2. The zero-order valence-corrected chi connectivity index (χ0v) is 14.7. The molecule has 25 heavy (non-hydrogen) atoms. The predicted octanol–water partition coefficient (Wildman–Crippen LogP) is -1.39. The molecule has 2 aromatic carbocycles. The van der Waals surface area contributed by atoms with Gasteiger partial charge in [0.2, 0.25) is 0 Å². The van der Waals surface area contributed by atoms with Gasteiger partial charge in [0.1, 0.15) is 0 Å². The van der Waals surface area contributed by atoms with Crippen molar-refractivity contribution in [3.63, 3.8) is 0 Å². The minimum atomic E-state index is -1.21. The van der Waals surface area contributed by atoms with E-state index in [1.165, 1.54) is 0 Å². The Bertz CT molecular complexity index is 581. The second-order valence-corrected chi connectivity index (χ2v) is 5.23. The summed E-state index contributed by atoms with van der Waals surface area (Å²) in [5, 5.41) is 20.5. The van der Waals surface area contributed by atoms with E-state index < -0.39 is 24.0 Å². The summed E-state index contributed by atoms with van der Waals surface area (Å²) in [6, 6.07) is 16.6. The number of carboxylic acids is 2. The summed E-state index contributed by atoms with van der Waals surface area (Å²) in [6.07, 6.45) is 0.645. The van der Waals surface area contributed by atoms with Crippen LogP contribution in [0.3, 0.4) is 0 Å². The normalized spacial score (nSPS) is 11.9. The maximum Gasteiger partial charge on any atom is 2.00 e. The summed E-state index contributed by atoms with van der Waals surface area (Å²) < 4.78 is 0. The average Bonchev–Trinajstić information content (AvgIpc) is 2.57. The van der Waals surface area contributed by atoms with Crippen LogP contribution in [-0.2, 0) is 39.5 Å². The number of carboxylic acid groups (broad SMARTS) is 2. The first kappa shape index (κ1) is 22.8. The van der Waals surface area contributed by atoms with E-state index in [9.17, 15) is 19.8 Å². The van der Waals surface area contributed by atoms with E-state index in [1.54, 1.807) is 0 Å². The first-order chi connectivity index (χ1) is 11.4. The zero-order valence-electron chi connectivity index (χ0n) is 13.5. The van der Waals surface area contributed by atoms with Gasteiger partial charge in [0, 0.05) is 12.1 Å². The van der Waals surface area contributed by atoms with Crippen molar-refractivity contribution < 1.29 is 36.9 Å². The van der Waals surface area contributed by atoms with Crippen LogP contribution in [-0.4, -0.2) is 24.0 Å². The van der Waals surface area contributed by atoms with Crippen LogP contribution in [0.4, 0.5) is 0 Å². The number of hydrogen-bond acceptors (Lipinski definition) is 6. The van der Waals surface area contributed by atoms with Crippen molar-refractivity contribution in [3.05, 3.63) is 71.8 Å². The van der Waals surface area contributed by atoms with Gasteiger partial charge < -0.3 is 31.3 Å². The average molecular weight is 383 g/mol. The van der Waals surface area contributed by atoms with E-state index in [2.05, 4.69) is 0 Å². The van der Waals surface area contributed by atoms with Crippen molar-refractivity contribution in [2.45, 2.75) is 24.9 Å². The van der Waals surface area contributed by atoms with Gasteiger partial charge in [-0.1, -0.05) is 60.7 Å². The number of hydrogen-bond donors (Lipinski definition) is 2. The quantitative estimate of drug-likeness (QED) is 0.591. The summed E-state index contributed by atoms with van der Waals surface area (Å²) in [6.45, 7) is 0. The minimum absolute atomic E-state index is 0. The van der Waals surface area contributed by atoms with Crippen molar-refractivity contribution in [2.24, 2.45) is 11.5 Å². The maximum absolute atomic E-state index is 10.3. The molecule has 2 rings (SSSR count). The molecule has 0 bridgehead atoms. The molecule has 6 nitrogen and oxygen atoms in total. The second kappa shape index (κ2) is 12.2. The number of carbonyl (C=O) groups is 2. The molecular weight excluding hydrogens is 363 g/mol. The molecule has 133 valence electrons. The first-order valence-corrected chi connectivity index (χ1v) is 7.41. The number of nitrogens with two attached hydrogens (primary N) is 2. The van der Waals surface area contributed by atoms with E-state index in [0.29, 0.717) is 12.8 Å². The van der Waals surface area contributed by atoms with Crippen LogP contribution in [0.5, 0.6) is 0 Å². The van der Waals surface area contributed by atoms with Crippen molar-refractivity contribution in [1.29, 1.82) is 0 Å². The van der Waals surface area contributed by atoms with E-state index in [4.69, 9.17) is 11.5 Å². The Morgan fingerprint density at radius 3 is 1.24 bits per heavy atom. The van der Waals surface area contributed by atoms with Crippen molar-refractivity contribution in [1.82, 2.24) is 0 Å². The molecular formula is C18H20MnN2O4. The van der Waals surface area contributed by atoms with Crippen LogP contribution >= 0.6 is 0 Å². The van der Waals surface area contributed by atoms with Gasteiger partial charge in [-0.2, -0.15) is 0 Å². The Labute approximate surface area is 157 Å². The SMILES string of the molecule is N[C@@H](Cc1ccccc1)C(=O)[O-].N[C@@H](Cc1ccccc1)C(=O)[O-].[Mn+2]. The van der Waals surface area contributed by atoms with E-state index in [0.717, 1.165) is 11.1 Å².